The van der Waals surface area contributed by atoms with E-state index in [0.717, 1.165) is 13.2 Å². The van der Waals surface area contributed by atoms with Gasteiger partial charge in [0.15, 0.2) is 0 Å². The van der Waals surface area contributed by atoms with Crippen molar-refractivity contribution in [3.63, 3.8) is 0 Å². The van der Waals surface area contributed by atoms with Gasteiger partial charge < -0.3 is 10.6 Å². The van der Waals surface area contributed by atoms with Crippen LogP contribution in [0, 0.1) is 0 Å². The first-order valence-corrected chi connectivity index (χ1v) is 3.04. The van der Waals surface area contributed by atoms with Crippen LogP contribution in [0.5, 0.6) is 0 Å². The molecule has 0 spiro atoms. The minimum atomic E-state index is 0.849. The van der Waals surface area contributed by atoms with E-state index in [1.165, 1.54) is 0 Å². The maximum absolute atomic E-state index is 3.55. The van der Waals surface area contributed by atoms with Gasteiger partial charge in [-0.05, 0) is 7.05 Å². The maximum Gasteiger partial charge on any atom is 0.0454 e. The minimum Gasteiger partial charge on any atom is -0.308 e. The van der Waals surface area contributed by atoms with E-state index in [2.05, 4.69) is 17.2 Å². The van der Waals surface area contributed by atoms with Crippen molar-refractivity contribution >= 4 is 0 Å². The SMILES string of the molecule is C=C/C=C\CNCNC. The van der Waals surface area contributed by atoms with Crippen LogP contribution in [0.15, 0.2) is 24.8 Å². The molecule has 0 unspecified atom stereocenters. The van der Waals surface area contributed by atoms with Crippen LogP contribution in [0.4, 0.5) is 0 Å². The topological polar surface area (TPSA) is 24.1 Å². The Morgan fingerprint density at radius 1 is 1.56 bits per heavy atom. The molecule has 0 saturated carbocycles. The molecule has 0 aromatic heterocycles. The first-order valence-electron chi connectivity index (χ1n) is 3.04. The maximum atomic E-state index is 3.55. The zero-order chi connectivity index (χ0) is 6.95. The van der Waals surface area contributed by atoms with E-state index in [0.29, 0.717) is 0 Å². The lowest BCUT2D eigenvalue weighted by Crippen LogP contribution is -2.25. The van der Waals surface area contributed by atoms with E-state index >= 15 is 0 Å². The third-order valence-corrected chi connectivity index (χ3v) is 0.836. The van der Waals surface area contributed by atoms with Crippen molar-refractivity contribution in [3.05, 3.63) is 24.8 Å². The molecule has 0 bridgehead atoms. The first kappa shape index (κ1) is 8.40. The largest absolute Gasteiger partial charge is 0.308 e. The smallest absolute Gasteiger partial charge is 0.0454 e. The van der Waals surface area contributed by atoms with Crippen molar-refractivity contribution in [2.75, 3.05) is 20.3 Å². The van der Waals surface area contributed by atoms with Gasteiger partial charge in [-0.3, -0.25) is 0 Å². The number of nitrogens with one attached hydrogen (secondary N) is 2. The molecule has 0 fully saturated rings. The molecular weight excluding hydrogens is 112 g/mol. The Hall–Kier alpha value is -0.600. The van der Waals surface area contributed by atoms with Crippen LogP contribution in [-0.4, -0.2) is 20.3 Å². The molecule has 0 radical (unpaired) electrons. The van der Waals surface area contributed by atoms with E-state index < -0.39 is 0 Å². The summed E-state index contributed by atoms with van der Waals surface area (Å²) in [5.41, 5.74) is 0. The zero-order valence-electron chi connectivity index (χ0n) is 5.85. The van der Waals surface area contributed by atoms with Crippen molar-refractivity contribution in [1.82, 2.24) is 10.6 Å². The van der Waals surface area contributed by atoms with Crippen LogP contribution >= 0.6 is 0 Å². The van der Waals surface area contributed by atoms with Gasteiger partial charge in [-0.2, -0.15) is 0 Å². The highest BCUT2D eigenvalue weighted by Gasteiger charge is 1.73. The fourth-order valence-corrected chi connectivity index (χ4v) is 0.445. The van der Waals surface area contributed by atoms with E-state index in [1.807, 2.05) is 19.2 Å². The molecule has 0 saturated heterocycles. The van der Waals surface area contributed by atoms with Gasteiger partial charge in [0.05, 0.1) is 0 Å². The molecule has 52 valence electrons. The highest BCUT2D eigenvalue weighted by Crippen LogP contribution is 1.68. The van der Waals surface area contributed by atoms with Crippen LogP contribution in [0.2, 0.25) is 0 Å². The van der Waals surface area contributed by atoms with Gasteiger partial charge in [0.2, 0.25) is 0 Å². The molecule has 0 aliphatic heterocycles. The number of hydrogen-bond donors (Lipinski definition) is 2. The predicted octanol–water partition coefficient (Wildman–Crippen LogP) is 0.495. The highest BCUT2D eigenvalue weighted by molar-refractivity contribution is 4.97. The predicted molar refractivity (Wildman–Crippen MR) is 41.3 cm³/mol. The second kappa shape index (κ2) is 7.40. The summed E-state index contributed by atoms with van der Waals surface area (Å²) in [6, 6.07) is 0. The van der Waals surface area contributed by atoms with E-state index in [9.17, 15) is 0 Å². The molecule has 2 heteroatoms. The summed E-state index contributed by atoms with van der Waals surface area (Å²) >= 11 is 0. The van der Waals surface area contributed by atoms with Gasteiger partial charge in [0.1, 0.15) is 0 Å². The molecule has 2 N–H and O–H groups in total. The van der Waals surface area contributed by atoms with Crippen LogP contribution in [0.1, 0.15) is 0 Å². The lowest BCUT2D eigenvalue weighted by Gasteiger charge is -1.96. The molecule has 2 nitrogen and oxygen atoms in total. The Bertz CT molecular complexity index is 86.9. The lowest BCUT2D eigenvalue weighted by molar-refractivity contribution is 0.674. The third kappa shape index (κ3) is 7.40. The van der Waals surface area contributed by atoms with Gasteiger partial charge in [-0.25, -0.2) is 0 Å². The average molecular weight is 126 g/mol. The molecular formula is C7H14N2. The average Bonchev–Trinajstić information content (AvgIpc) is 1.89. The molecule has 0 heterocycles. The van der Waals surface area contributed by atoms with Crippen molar-refractivity contribution in [3.8, 4) is 0 Å². The van der Waals surface area contributed by atoms with Gasteiger partial charge in [0.25, 0.3) is 0 Å². The Labute approximate surface area is 56.6 Å². The summed E-state index contributed by atoms with van der Waals surface area (Å²) in [4.78, 5) is 0. The van der Waals surface area contributed by atoms with E-state index in [4.69, 9.17) is 0 Å². The van der Waals surface area contributed by atoms with Crippen LogP contribution < -0.4 is 10.6 Å². The molecule has 0 amide bonds. The quantitative estimate of drug-likeness (QED) is 0.318. The van der Waals surface area contributed by atoms with Gasteiger partial charge >= 0.3 is 0 Å². The summed E-state index contributed by atoms with van der Waals surface area (Å²) in [6.45, 7) is 5.29. The van der Waals surface area contributed by atoms with Crippen molar-refractivity contribution in [1.29, 1.82) is 0 Å². The second-order valence-corrected chi connectivity index (χ2v) is 1.65. The summed E-state index contributed by atoms with van der Waals surface area (Å²) in [7, 11) is 1.91. The molecule has 0 atom stereocenters. The molecule has 9 heavy (non-hydrogen) atoms. The van der Waals surface area contributed by atoms with Gasteiger partial charge in [0, 0.05) is 13.2 Å². The molecule has 0 aliphatic carbocycles. The van der Waals surface area contributed by atoms with E-state index in [-0.39, 0.29) is 0 Å². The Balaban J connectivity index is 2.90. The van der Waals surface area contributed by atoms with Crippen LogP contribution in [0.25, 0.3) is 0 Å². The first-order chi connectivity index (χ1) is 4.41. The van der Waals surface area contributed by atoms with Crippen molar-refractivity contribution in [2.45, 2.75) is 0 Å². The highest BCUT2D eigenvalue weighted by atomic mass is 15.0. The number of hydrogen-bond acceptors (Lipinski definition) is 2. The Morgan fingerprint density at radius 2 is 2.33 bits per heavy atom. The lowest BCUT2D eigenvalue weighted by atomic mass is 10.5. The fourth-order valence-electron chi connectivity index (χ4n) is 0.445. The molecule has 0 aromatic carbocycles. The summed E-state index contributed by atoms with van der Waals surface area (Å²) in [5, 5.41) is 6.10. The van der Waals surface area contributed by atoms with Crippen molar-refractivity contribution < 1.29 is 0 Å². The summed E-state index contributed by atoms with van der Waals surface area (Å²) in [5.74, 6) is 0. The monoisotopic (exact) mass is 126 g/mol. The molecule has 0 rings (SSSR count). The normalized spacial score (nSPS) is 10.3. The van der Waals surface area contributed by atoms with E-state index in [1.54, 1.807) is 6.08 Å². The number of rotatable bonds is 5. The van der Waals surface area contributed by atoms with Crippen LogP contribution in [0.3, 0.4) is 0 Å². The molecule has 0 aromatic rings. The standard InChI is InChI=1S/C7H14N2/c1-3-4-5-6-9-7-8-2/h3-5,8-9H,1,6-7H2,2H3/b5-4-. The summed E-state index contributed by atoms with van der Waals surface area (Å²) < 4.78 is 0. The fraction of sp³-hybridized carbons (Fsp3) is 0.429. The number of allylic oxidation sites excluding steroid dienone is 2. The molecule has 0 aliphatic rings. The zero-order valence-corrected chi connectivity index (χ0v) is 5.85. The second-order valence-electron chi connectivity index (χ2n) is 1.65. The summed E-state index contributed by atoms with van der Waals surface area (Å²) in [6.07, 6.45) is 5.70. The minimum absolute atomic E-state index is 0.849. The van der Waals surface area contributed by atoms with Crippen molar-refractivity contribution in [2.24, 2.45) is 0 Å². The van der Waals surface area contributed by atoms with Crippen LogP contribution in [-0.2, 0) is 0 Å². The third-order valence-electron chi connectivity index (χ3n) is 0.836. The Kier molecular flexibility index (Phi) is 6.91. The Morgan fingerprint density at radius 3 is 2.89 bits per heavy atom. The van der Waals surface area contributed by atoms with Gasteiger partial charge in [-0.1, -0.05) is 24.8 Å². The van der Waals surface area contributed by atoms with Gasteiger partial charge in [-0.15, -0.1) is 0 Å².